The lowest BCUT2D eigenvalue weighted by Gasteiger charge is -2.34. The summed E-state index contributed by atoms with van der Waals surface area (Å²) in [5.74, 6) is 0.832. The summed E-state index contributed by atoms with van der Waals surface area (Å²) in [5, 5.41) is 6.04. The van der Waals surface area contributed by atoms with Gasteiger partial charge in [0.1, 0.15) is 0 Å². The molecule has 0 bridgehead atoms. The van der Waals surface area contributed by atoms with Gasteiger partial charge in [0.2, 0.25) is 5.91 Å². The number of ether oxygens (including phenoxy) is 1. The van der Waals surface area contributed by atoms with Crippen LogP contribution in [0.1, 0.15) is 27.5 Å². The molecule has 168 valence electrons. The minimum Gasteiger partial charge on any atom is -0.385 e. The van der Waals surface area contributed by atoms with Gasteiger partial charge < -0.3 is 15.0 Å². The van der Waals surface area contributed by atoms with Crippen LogP contribution in [0.4, 0.5) is 0 Å². The summed E-state index contributed by atoms with van der Waals surface area (Å²) in [7, 11) is 1.65. The molecular formula is C22H30N4O3S2. The summed E-state index contributed by atoms with van der Waals surface area (Å²) in [4.78, 5) is 34.7. The first-order valence-electron chi connectivity index (χ1n) is 10.5. The smallest absolute Gasteiger partial charge is 0.255 e. The topological polar surface area (TPSA) is 74.8 Å². The van der Waals surface area contributed by atoms with Crippen molar-refractivity contribution in [1.29, 1.82) is 0 Å². The zero-order valence-electron chi connectivity index (χ0n) is 18.1. The normalized spacial score (nSPS) is 14.6. The third-order valence-corrected chi connectivity index (χ3v) is 6.96. The van der Waals surface area contributed by atoms with Crippen LogP contribution < -0.4 is 5.32 Å². The van der Waals surface area contributed by atoms with E-state index in [1.54, 1.807) is 30.2 Å². The largest absolute Gasteiger partial charge is 0.385 e. The molecule has 1 aromatic heterocycles. The van der Waals surface area contributed by atoms with E-state index < -0.39 is 0 Å². The molecule has 1 fully saturated rings. The lowest BCUT2D eigenvalue weighted by molar-refractivity contribution is -0.122. The van der Waals surface area contributed by atoms with Crippen LogP contribution in [-0.4, -0.2) is 79.6 Å². The van der Waals surface area contributed by atoms with Crippen LogP contribution in [0.3, 0.4) is 0 Å². The molecule has 31 heavy (non-hydrogen) atoms. The highest BCUT2D eigenvalue weighted by molar-refractivity contribution is 7.98. The first-order valence-corrected chi connectivity index (χ1v) is 12.3. The van der Waals surface area contributed by atoms with Crippen molar-refractivity contribution in [3.63, 3.8) is 0 Å². The number of benzene rings is 1. The standard InChI is InChI=1S/C22H30N4O3S2/c1-17-24-18(15-30-17)16-31-20-7-4-3-6-19(20)22(28)26-11-9-25(10-12-26)14-21(27)23-8-5-13-29-2/h3-4,6-7,15H,5,8-14,16H2,1-2H3,(H,23,27). The van der Waals surface area contributed by atoms with Crippen LogP contribution in [0.5, 0.6) is 0 Å². The Morgan fingerprint density at radius 1 is 1.23 bits per heavy atom. The number of thiazole rings is 1. The summed E-state index contributed by atoms with van der Waals surface area (Å²) >= 11 is 3.30. The van der Waals surface area contributed by atoms with Gasteiger partial charge in [0.05, 0.1) is 22.8 Å². The number of piperazine rings is 1. The third kappa shape index (κ3) is 7.31. The molecule has 9 heteroatoms. The first kappa shape index (κ1) is 23.7. The van der Waals surface area contributed by atoms with E-state index in [4.69, 9.17) is 4.74 Å². The van der Waals surface area contributed by atoms with Crippen molar-refractivity contribution in [1.82, 2.24) is 20.1 Å². The maximum absolute atomic E-state index is 13.2. The number of rotatable bonds is 10. The monoisotopic (exact) mass is 462 g/mol. The molecule has 1 aliphatic heterocycles. The Labute approximate surface area is 192 Å². The minimum absolute atomic E-state index is 0.0231. The quantitative estimate of drug-likeness (QED) is 0.432. The van der Waals surface area contributed by atoms with Crippen LogP contribution in [0.2, 0.25) is 0 Å². The highest BCUT2D eigenvalue weighted by Gasteiger charge is 2.24. The predicted octanol–water partition coefficient (Wildman–Crippen LogP) is 2.65. The van der Waals surface area contributed by atoms with Gasteiger partial charge in [0.15, 0.2) is 0 Å². The number of thioether (sulfide) groups is 1. The molecule has 0 atom stereocenters. The van der Waals surface area contributed by atoms with Gasteiger partial charge in [-0.25, -0.2) is 4.98 Å². The van der Waals surface area contributed by atoms with Crippen LogP contribution in [0.25, 0.3) is 0 Å². The second-order valence-corrected chi connectivity index (χ2v) is 9.49. The molecule has 1 aromatic carbocycles. The Bertz CT molecular complexity index is 866. The Kier molecular flexibility index (Phi) is 9.32. The Morgan fingerprint density at radius 3 is 2.71 bits per heavy atom. The van der Waals surface area contributed by atoms with Gasteiger partial charge in [-0.05, 0) is 25.5 Å². The molecular weight excluding hydrogens is 432 g/mol. The molecule has 3 rings (SSSR count). The highest BCUT2D eigenvalue weighted by atomic mass is 32.2. The van der Waals surface area contributed by atoms with Gasteiger partial charge in [0, 0.05) is 62.5 Å². The van der Waals surface area contributed by atoms with E-state index in [-0.39, 0.29) is 11.8 Å². The summed E-state index contributed by atoms with van der Waals surface area (Å²) in [6.07, 6.45) is 0.810. The molecule has 1 N–H and O–H groups in total. The molecule has 0 unspecified atom stereocenters. The number of nitrogens with zero attached hydrogens (tertiary/aromatic N) is 3. The summed E-state index contributed by atoms with van der Waals surface area (Å²) < 4.78 is 4.99. The fraction of sp³-hybridized carbons (Fsp3) is 0.500. The molecule has 2 amide bonds. The van der Waals surface area contributed by atoms with Gasteiger partial charge in [0.25, 0.3) is 5.91 Å². The van der Waals surface area contributed by atoms with Gasteiger partial charge >= 0.3 is 0 Å². The van der Waals surface area contributed by atoms with Crippen molar-refractivity contribution in [3.05, 3.63) is 45.9 Å². The number of aromatic nitrogens is 1. The van der Waals surface area contributed by atoms with E-state index >= 15 is 0 Å². The Balaban J connectivity index is 1.48. The van der Waals surface area contributed by atoms with E-state index in [9.17, 15) is 9.59 Å². The molecule has 2 heterocycles. The van der Waals surface area contributed by atoms with Crippen LogP contribution >= 0.6 is 23.1 Å². The average molecular weight is 463 g/mol. The zero-order chi connectivity index (χ0) is 22.1. The van der Waals surface area contributed by atoms with Crippen molar-refractivity contribution in [2.75, 3.05) is 53.0 Å². The molecule has 1 saturated heterocycles. The lowest BCUT2D eigenvalue weighted by atomic mass is 10.2. The number of hydrogen-bond donors (Lipinski definition) is 1. The van der Waals surface area contributed by atoms with Crippen molar-refractivity contribution in [2.45, 2.75) is 24.0 Å². The number of hydrogen-bond acceptors (Lipinski definition) is 7. The maximum atomic E-state index is 13.2. The van der Waals surface area contributed by atoms with Gasteiger partial charge in [-0.2, -0.15) is 0 Å². The maximum Gasteiger partial charge on any atom is 0.255 e. The van der Waals surface area contributed by atoms with Crippen molar-refractivity contribution in [3.8, 4) is 0 Å². The van der Waals surface area contributed by atoms with E-state index in [2.05, 4.69) is 20.6 Å². The molecule has 0 saturated carbocycles. The van der Waals surface area contributed by atoms with E-state index in [1.165, 1.54) is 0 Å². The van der Waals surface area contributed by atoms with Crippen molar-refractivity contribution >= 4 is 34.9 Å². The number of nitrogens with one attached hydrogen (secondary N) is 1. The lowest BCUT2D eigenvalue weighted by Crippen LogP contribution is -2.51. The molecule has 2 aromatic rings. The first-order chi connectivity index (χ1) is 15.1. The SMILES string of the molecule is COCCCNC(=O)CN1CCN(C(=O)c2ccccc2SCc2csc(C)n2)CC1. The Hall–Kier alpha value is -1.94. The number of carbonyl (C=O) groups excluding carboxylic acids is 2. The van der Waals surface area contributed by atoms with E-state index in [0.29, 0.717) is 45.9 Å². The Morgan fingerprint density at radius 2 is 2.00 bits per heavy atom. The van der Waals surface area contributed by atoms with Crippen LogP contribution in [-0.2, 0) is 15.3 Å². The van der Waals surface area contributed by atoms with E-state index in [0.717, 1.165) is 33.3 Å². The molecule has 0 aliphatic carbocycles. The zero-order valence-corrected chi connectivity index (χ0v) is 19.8. The van der Waals surface area contributed by atoms with Crippen LogP contribution in [0, 0.1) is 6.92 Å². The summed E-state index contributed by atoms with van der Waals surface area (Å²) in [6, 6.07) is 7.78. The van der Waals surface area contributed by atoms with Crippen molar-refractivity contribution < 1.29 is 14.3 Å². The van der Waals surface area contributed by atoms with Gasteiger partial charge in [-0.15, -0.1) is 23.1 Å². The average Bonchev–Trinajstić information content (AvgIpc) is 3.20. The second-order valence-electron chi connectivity index (χ2n) is 7.41. The number of amides is 2. The third-order valence-electron chi connectivity index (χ3n) is 5.03. The van der Waals surface area contributed by atoms with Gasteiger partial charge in [-0.1, -0.05) is 12.1 Å². The fourth-order valence-corrected chi connectivity index (χ4v) is 5.03. The second kappa shape index (κ2) is 12.2. The number of methoxy groups -OCH3 is 1. The van der Waals surface area contributed by atoms with Crippen molar-refractivity contribution in [2.24, 2.45) is 0 Å². The fourth-order valence-electron chi connectivity index (χ4n) is 3.38. The molecule has 7 nitrogen and oxygen atoms in total. The van der Waals surface area contributed by atoms with E-state index in [1.807, 2.05) is 36.1 Å². The predicted molar refractivity (Wildman–Crippen MR) is 125 cm³/mol. The number of carbonyl (C=O) groups is 2. The van der Waals surface area contributed by atoms with Crippen LogP contribution in [0.15, 0.2) is 34.5 Å². The highest BCUT2D eigenvalue weighted by Crippen LogP contribution is 2.28. The molecule has 0 radical (unpaired) electrons. The molecule has 0 spiro atoms. The summed E-state index contributed by atoms with van der Waals surface area (Å²) in [6.45, 7) is 6.29. The molecule has 1 aliphatic rings. The summed E-state index contributed by atoms with van der Waals surface area (Å²) in [5.41, 5.74) is 1.78. The minimum atomic E-state index is 0.0231. The van der Waals surface area contributed by atoms with Gasteiger partial charge in [-0.3, -0.25) is 14.5 Å². The number of aryl methyl sites for hydroxylation is 1.